The minimum absolute atomic E-state index is 0.0556. The average Bonchev–Trinajstić information content (AvgIpc) is 2.39. The van der Waals surface area contributed by atoms with Crippen LogP contribution < -0.4 is 4.94 Å². The van der Waals surface area contributed by atoms with Gasteiger partial charge in [0, 0.05) is 0 Å². The molecule has 0 aliphatic carbocycles. The molecule has 0 amide bonds. The van der Waals surface area contributed by atoms with Crippen molar-refractivity contribution < 1.29 is 13.9 Å². The minimum Gasteiger partial charge on any atom is -0.505 e. The van der Waals surface area contributed by atoms with E-state index in [1.807, 2.05) is 0 Å². The number of hydrogen-bond acceptors (Lipinski definition) is 4. The summed E-state index contributed by atoms with van der Waals surface area (Å²) >= 11 is 0.636. The highest BCUT2D eigenvalue weighted by Crippen LogP contribution is 2.26. The molecular weight excluding hydrogens is 183 g/mol. The normalized spacial score (nSPS) is 10.8. The summed E-state index contributed by atoms with van der Waals surface area (Å²) in [5.74, 6) is -1.28. The second-order valence-corrected chi connectivity index (χ2v) is 3.13. The van der Waals surface area contributed by atoms with Crippen LogP contribution in [0.15, 0.2) is 21.3 Å². The molecule has 2 rings (SSSR count). The molecule has 1 aromatic carbocycles. The Morgan fingerprint density at radius 1 is 1.50 bits per heavy atom. The molecule has 0 aliphatic rings. The zero-order valence-electron chi connectivity index (χ0n) is 5.70. The summed E-state index contributed by atoms with van der Waals surface area (Å²) in [7, 11) is 0. The number of phenols is 1. The van der Waals surface area contributed by atoms with Gasteiger partial charge in [0.2, 0.25) is 0 Å². The molecule has 0 atom stereocenters. The second kappa shape index (κ2) is 2.31. The van der Waals surface area contributed by atoms with Crippen LogP contribution in [0.2, 0.25) is 0 Å². The molecule has 0 unspecified atom stereocenters. The van der Waals surface area contributed by atoms with Gasteiger partial charge in [-0.15, -0.1) is 0 Å². The molecule has 1 heterocycles. The first kappa shape index (κ1) is 7.30. The van der Waals surface area contributed by atoms with Crippen LogP contribution in [0.25, 0.3) is 10.3 Å². The third-order valence-electron chi connectivity index (χ3n) is 1.42. The van der Waals surface area contributed by atoms with Crippen molar-refractivity contribution in [2.75, 3.05) is 0 Å². The van der Waals surface area contributed by atoms with Crippen LogP contribution in [0.3, 0.4) is 0 Å². The van der Waals surface area contributed by atoms with Gasteiger partial charge < -0.3 is 9.52 Å². The van der Waals surface area contributed by atoms with Gasteiger partial charge in [0.25, 0.3) is 0 Å². The first-order valence-corrected chi connectivity index (χ1v) is 3.91. The summed E-state index contributed by atoms with van der Waals surface area (Å²) in [6.45, 7) is 0. The number of aromatic hydroxyl groups is 1. The van der Waals surface area contributed by atoms with Crippen molar-refractivity contribution in [2.45, 2.75) is 0 Å². The van der Waals surface area contributed by atoms with Gasteiger partial charge in [-0.2, -0.15) is 0 Å². The van der Waals surface area contributed by atoms with Crippen LogP contribution in [0.5, 0.6) is 5.75 Å². The fourth-order valence-electron chi connectivity index (χ4n) is 0.897. The van der Waals surface area contributed by atoms with Gasteiger partial charge in [0.1, 0.15) is 4.70 Å². The van der Waals surface area contributed by atoms with Crippen molar-refractivity contribution in [1.29, 1.82) is 0 Å². The lowest BCUT2D eigenvalue weighted by molar-refractivity contribution is 0.436. The number of rotatable bonds is 0. The molecule has 0 aliphatic heterocycles. The molecule has 12 heavy (non-hydrogen) atoms. The molecule has 1 N–H and O–H groups in total. The number of hydrogen-bond donors (Lipinski definition) is 1. The number of benzene rings is 1. The quantitative estimate of drug-likeness (QED) is 0.681. The Balaban J connectivity index is 2.99. The van der Waals surface area contributed by atoms with E-state index in [1.165, 1.54) is 6.07 Å². The summed E-state index contributed by atoms with van der Waals surface area (Å²) in [4.78, 5) is 10.1. The summed E-state index contributed by atoms with van der Waals surface area (Å²) in [6, 6.07) is 2.50. The van der Waals surface area contributed by atoms with E-state index in [0.29, 0.717) is 11.3 Å². The van der Waals surface area contributed by atoms with E-state index in [-0.39, 0.29) is 10.3 Å². The van der Waals surface area contributed by atoms with Crippen LogP contribution in [0.1, 0.15) is 0 Å². The molecule has 0 radical (unpaired) electrons. The Labute approximate surface area is 69.7 Å². The first-order valence-electron chi connectivity index (χ1n) is 3.09. The summed E-state index contributed by atoms with van der Waals surface area (Å²) in [6.07, 6.45) is 0. The minimum atomic E-state index is -0.802. The van der Waals surface area contributed by atoms with E-state index in [2.05, 4.69) is 4.42 Å². The lowest BCUT2D eigenvalue weighted by atomic mass is 10.3. The van der Waals surface area contributed by atoms with Gasteiger partial charge in [-0.05, 0) is 23.5 Å². The van der Waals surface area contributed by atoms with Crippen molar-refractivity contribution in [3.63, 3.8) is 0 Å². The topological polar surface area (TPSA) is 50.4 Å². The Bertz CT molecular complexity index is 485. The Morgan fingerprint density at radius 3 is 3.00 bits per heavy atom. The fourth-order valence-corrected chi connectivity index (χ4v) is 1.60. The maximum atomic E-state index is 13.0. The molecule has 2 aromatic rings. The molecule has 0 bridgehead atoms. The summed E-state index contributed by atoms with van der Waals surface area (Å²) in [5.41, 5.74) is 0.167. The van der Waals surface area contributed by atoms with Crippen LogP contribution in [0.4, 0.5) is 4.39 Å². The van der Waals surface area contributed by atoms with Crippen LogP contribution in [-0.4, -0.2) is 5.11 Å². The maximum Gasteiger partial charge on any atom is 0.396 e. The third kappa shape index (κ3) is 0.902. The van der Waals surface area contributed by atoms with Crippen molar-refractivity contribution in [3.05, 3.63) is 27.7 Å². The molecule has 0 fully saturated rings. The largest absolute Gasteiger partial charge is 0.505 e. The van der Waals surface area contributed by atoms with E-state index in [1.54, 1.807) is 0 Å². The molecule has 1 aromatic heterocycles. The lowest BCUT2D eigenvalue weighted by Gasteiger charge is -1.92. The van der Waals surface area contributed by atoms with Crippen molar-refractivity contribution in [2.24, 2.45) is 0 Å². The van der Waals surface area contributed by atoms with E-state index in [0.717, 1.165) is 6.07 Å². The lowest BCUT2D eigenvalue weighted by Crippen LogP contribution is -1.79. The predicted molar refractivity (Wildman–Crippen MR) is 42.0 cm³/mol. The third-order valence-corrected chi connectivity index (χ3v) is 2.25. The van der Waals surface area contributed by atoms with Crippen molar-refractivity contribution >= 4 is 21.6 Å². The van der Waals surface area contributed by atoms with Gasteiger partial charge in [0.05, 0.1) is 0 Å². The summed E-state index contributed by atoms with van der Waals surface area (Å²) < 4.78 is 17.6. The highest BCUT2D eigenvalue weighted by atomic mass is 32.1. The number of fused-ring (bicyclic) bond motifs is 1. The SMILES string of the molecule is O=c1oc2ccc(O)c(F)c2s1. The zero-order chi connectivity index (χ0) is 8.72. The van der Waals surface area contributed by atoms with Gasteiger partial charge in [0.15, 0.2) is 17.1 Å². The molecule has 0 saturated heterocycles. The van der Waals surface area contributed by atoms with Gasteiger partial charge in [-0.1, -0.05) is 0 Å². The Hall–Kier alpha value is -1.36. The van der Waals surface area contributed by atoms with Crippen molar-refractivity contribution in [1.82, 2.24) is 0 Å². The van der Waals surface area contributed by atoms with E-state index >= 15 is 0 Å². The molecule has 0 spiro atoms. The van der Waals surface area contributed by atoms with Crippen molar-refractivity contribution in [3.8, 4) is 5.75 Å². The van der Waals surface area contributed by atoms with Gasteiger partial charge in [-0.25, -0.2) is 9.18 Å². The monoisotopic (exact) mass is 186 g/mol. The van der Waals surface area contributed by atoms with Crippen LogP contribution in [0, 0.1) is 5.82 Å². The number of halogens is 1. The Kier molecular flexibility index (Phi) is 1.41. The van der Waals surface area contributed by atoms with Crippen LogP contribution >= 0.6 is 11.3 Å². The number of phenolic OH excluding ortho intramolecular Hbond substituents is 1. The van der Waals surface area contributed by atoms with E-state index in [4.69, 9.17) is 5.11 Å². The van der Waals surface area contributed by atoms with Gasteiger partial charge >= 0.3 is 4.94 Å². The fraction of sp³-hybridized carbons (Fsp3) is 0. The average molecular weight is 186 g/mol. The molecule has 5 heteroatoms. The highest BCUT2D eigenvalue weighted by molar-refractivity contribution is 7.16. The smallest absolute Gasteiger partial charge is 0.396 e. The van der Waals surface area contributed by atoms with E-state index in [9.17, 15) is 9.18 Å². The highest BCUT2D eigenvalue weighted by Gasteiger charge is 2.10. The predicted octanol–water partition coefficient (Wildman–Crippen LogP) is 1.70. The van der Waals surface area contributed by atoms with Gasteiger partial charge in [-0.3, -0.25) is 0 Å². The van der Waals surface area contributed by atoms with Crippen LogP contribution in [-0.2, 0) is 0 Å². The molecule has 62 valence electrons. The zero-order valence-corrected chi connectivity index (χ0v) is 6.52. The standard InChI is InChI=1S/C7H3FO3S/c8-5-3(9)1-2-4-6(5)12-7(10)11-4/h1-2,9H. The second-order valence-electron chi connectivity index (χ2n) is 2.18. The summed E-state index contributed by atoms with van der Waals surface area (Å²) in [5, 5.41) is 8.91. The molecule has 3 nitrogen and oxygen atoms in total. The molecule has 0 saturated carbocycles. The maximum absolute atomic E-state index is 13.0. The Morgan fingerprint density at radius 2 is 2.25 bits per heavy atom. The van der Waals surface area contributed by atoms with E-state index < -0.39 is 16.5 Å². The molecular formula is C7H3FO3S. The first-order chi connectivity index (χ1) is 5.68.